The second kappa shape index (κ2) is 5.80. The lowest BCUT2D eigenvalue weighted by Crippen LogP contribution is -2.34. The molecule has 0 radical (unpaired) electrons. The van der Waals surface area contributed by atoms with E-state index in [1.54, 1.807) is 0 Å². The summed E-state index contributed by atoms with van der Waals surface area (Å²) in [4.78, 5) is 8.63. The third-order valence-corrected chi connectivity index (χ3v) is 5.52. The van der Waals surface area contributed by atoms with Crippen LogP contribution in [0.4, 0.5) is 5.13 Å². The molecule has 2 unspecified atom stereocenters. The molecule has 2 fully saturated rings. The summed E-state index contributed by atoms with van der Waals surface area (Å²) in [7, 11) is 0. The van der Waals surface area contributed by atoms with Crippen LogP contribution in [-0.4, -0.2) is 23.6 Å². The van der Waals surface area contributed by atoms with Crippen LogP contribution in [0.1, 0.15) is 50.8 Å². The fourth-order valence-corrected chi connectivity index (χ4v) is 4.40. The number of anilines is 1. The Hall–Kier alpha value is -0.610. The molecule has 3 nitrogen and oxygen atoms in total. The Kier molecular flexibility index (Phi) is 4.08. The molecule has 1 aromatic rings. The molecule has 2 aliphatic rings. The fraction of sp³-hybridized carbons (Fsp3) is 0.800. The zero-order chi connectivity index (χ0) is 13.2. The van der Waals surface area contributed by atoms with Gasteiger partial charge in [-0.05, 0) is 25.2 Å². The number of hydrogen-bond acceptors (Lipinski definition) is 4. The molecule has 1 aliphatic heterocycles. The van der Waals surface area contributed by atoms with Crippen LogP contribution < -0.4 is 10.2 Å². The molecule has 0 amide bonds. The predicted octanol–water partition coefficient (Wildman–Crippen LogP) is 3.41. The second-order valence-electron chi connectivity index (χ2n) is 6.24. The van der Waals surface area contributed by atoms with E-state index < -0.39 is 0 Å². The van der Waals surface area contributed by atoms with E-state index in [0.29, 0.717) is 6.04 Å². The van der Waals surface area contributed by atoms with Gasteiger partial charge in [-0.25, -0.2) is 4.98 Å². The molecule has 0 spiro atoms. The number of aromatic nitrogens is 1. The van der Waals surface area contributed by atoms with Crippen LogP contribution in [0.25, 0.3) is 0 Å². The van der Waals surface area contributed by atoms with E-state index >= 15 is 0 Å². The molecule has 19 heavy (non-hydrogen) atoms. The smallest absolute Gasteiger partial charge is 0.185 e. The van der Waals surface area contributed by atoms with Gasteiger partial charge < -0.3 is 10.2 Å². The fourth-order valence-electron chi connectivity index (χ4n) is 3.46. The maximum atomic E-state index is 4.67. The van der Waals surface area contributed by atoms with Gasteiger partial charge >= 0.3 is 0 Å². The highest BCUT2D eigenvalue weighted by atomic mass is 32.1. The van der Waals surface area contributed by atoms with Crippen molar-refractivity contribution < 1.29 is 0 Å². The van der Waals surface area contributed by atoms with Crippen LogP contribution in [0.5, 0.6) is 0 Å². The summed E-state index contributed by atoms with van der Waals surface area (Å²) in [6.45, 7) is 6.56. The van der Waals surface area contributed by atoms with Crippen molar-refractivity contribution in [3.63, 3.8) is 0 Å². The average molecular weight is 279 g/mol. The summed E-state index contributed by atoms with van der Waals surface area (Å²) >= 11 is 1.88. The average Bonchev–Trinajstić information content (AvgIpc) is 3.02. The van der Waals surface area contributed by atoms with Crippen molar-refractivity contribution in [3.8, 4) is 0 Å². The highest BCUT2D eigenvalue weighted by molar-refractivity contribution is 7.15. The minimum atomic E-state index is 0.542. The minimum Gasteiger partial charge on any atom is -0.345 e. The quantitative estimate of drug-likeness (QED) is 0.915. The van der Waals surface area contributed by atoms with Gasteiger partial charge in [0.15, 0.2) is 5.13 Å². The molecule has 1 N–H and O–H groups in total. The largest absolute Gasteiger partial charge is 0.345 e. The Balaban J connectivity index is 1.65. The van der Waals surface area contributed by atoms with Crippen LogP contribution in [0.3, 0.4) is 0 Å². The van der Waals surface area contributed by atoms with Gasteiger partial charge in [0.1, 0.15) is 0 Å². The molecule has 2 heterocycles. The maximum Gasteiger partial charge on any atom is 0.185 e. The first-order valence-electron chi connectivity index (χ1n) is 7.69. The Bertz CT molecular complexity index is 415. The van der Waals surface area contributed by atoms with Crippen molar-refractivity contribution in [2.24, 2.45) is 5.92 Å². The van der Waals surface area contributed by atoms with E-state index in [2.05, 4.69) is 35.2 Å². The third-order valence-electron chi connectivity index (χ3n) is 4.48. The molecular weight excluding hydrogens is 254 g/mol. The molecule has 2 atom stereocenters. The lowest BCUT2D eigenvalue weighted by atomic mass is 9.85. The lowest BCUT2D eigenvalue weighted by molar-refractivity contribution is 0.342. The van der Waals surface area contributed by atoms with E-state index in [4.69, 9.17) is 0 Å². The molecule has 1 saturated carbocycles. The standard InChI is InChI=1S/C15H25N3S/c1-11(2)16-9-13-10-17-15(19-13)18-8-7-12-5-3-4-6-14(12)18/h10-12,14,16H,3-9H2,1-2H3. The first-order valence-corrected chi connectivity index (χ1v) is 8.50. The molecule has 0 aromatic carbocycles. The SMILES string of the molecule is CC(C)NCc1cnc(N2CCC3CCCCC32)s1. The summed E-state index contributed by atoms with van der Waals surface area (Å²) < 4.78 is 0. The maximum absolute atomic E-state index is 4.67. The zero-order valence-electron chi connectivity index (χ0n) is 12.1. The Morgan fingerprint density at radius 1 is 1.37 bits per heavy atom. The lowest BCUT2D eigenvalue weighted by Gasteiger charge is -2.31. The van der Waals surface area contributed by atoms with Gasteiger partial charge in [0, 0.05) is 36.2 Å². The number of fused-ring (bicyclic) bond motifs is 1. The number of rotatable bonds is 4. The van der Waals surface area contributed by atoms with E-state index in [9.17, 15) is 0 Å². The van der Waals surface area contributed by atoms with E-state index in [-0.39, 0.29) is 0 Å². The second-order valence-corrected chi connectivity index (χ2v) is 7.33. The summed E-state index contributed by atoms with van der Waals surface area (Å²) in [6.07, 6.45) is 9.11. The normalized spacial score (nSPS) is 27.0. The van der Waals surface area contributed by atoms with Crippen molar-refractivity contribution in [2.45, 2.75) is 64.6 Å². The van der Waals surface area contributed by atoms with Gasteiger partial charge in [-0.3, -0.25) is 0 Å². The van der Waals surface area contributed by atoms with Gasteiger partial charge in [-0.2, -0.15) is 0 Å². The number of nitrogens with zero attached hydrogens (tertiary/aromatic N) is 2. The van der Waals surface area contributed by atoms with E-state index in [1.807, 2.05) is 11.3 Å². The molecule has 3 rings (SSSR count). The number of thiazole rings is 1. The van der Waals surface area contributed by atoms with Crippen LogP contribution in [-0.2, 0) is 6.54 Å². The van der Waals surface area contributed by atoms with Crippen LogP contribution in [0.15, 0.2) is 6.20 Å². The summed E-state index contributed by atoms with van der Waals surface area (Å²) in [5.41, 5.74) is 0. The highest BCUT2D eigenvalue weighted by Crippen LogP contribution is 2.39. The third kappa shape index (κ3) is 2.95. The van der Waals surface area contributed by atoms with Crippen LogP contribution in [0, 0.1) is 5.92 Å². The molecule has 106 valence electrons. The van der Waals surface area contributed by atoms with E-state index in [0.717, 1.165) is 18.5 Å². The summed E-state index contributed by atoms with van der Waals surface area (Å²) in [6, 6.07) is 1.32. The van der Waals surface area contributed by atoms with Crippen molar-refractivity contribution in [2.75, 3.05) is 11.4 Å². The van der Waals surface area contributed by atoms with Crippen molar-refractivity contribution >= 4 is 16.5 Å². The van der Waals surface area contributed by atoms with Crippen LogP contribution in [0.2, 0.25) is 0 Å². The van der Waals surface area contributed by atoms with E-state index in [1.165, 1.54) is 48.7 Å². The van der Waals surface area contributed by atoms with Crippen molar-refractivity contribution in [1.82, 2.24) is 10.3 Å². The van der Waals surface area contributed by atoms with Gasteiger partial charge in [0.25, 0.3) is 0 Å². The number of hydrogen-bond donors (Lipinski definition) is 1. The van der Waals surface area contributed by atoms with Crippen molar-refractivity contribution in [1.29, 1.82) is 0 Å². The molecule has 1 aromatic heterocycles. The van der Waals surface area contributed by atoms with Gasteiger partial charge in [-0.15, -0.1) is 11.3 Å². The molecular formula is C15H25N3S. The van der Waals surface area contributed by atoms with Gasteiger partial charge in [0.2, 0.25) is 0 Å². The summed E-state index contributed by atoms with van der Waals surface area (Å²) in [5, 5.41) is 4.73. The zero-order valence-corrected chi connectivity index (χ0v) is 12.9. The predicted molar refractivity (Wildman–Crippen MR) is 81.8 cm³/mol. The number of nitrogens with one attached hydrogen (secondary N) is 1. The topological polar surface area (TPSA) is 28.2 Å². The Labute approximate surface area is 120 Å². The van der Waals surface area contributed by atoms with Crippen LogP contribution >= 0.6 is 11.3 Å². The van der Waals surface area contributed by atoms with Gasteiger partial charge in [-0.1, -0.05) is 26.7 Å². The van der Waals surface area contributed by atoms with Gasteiger partial charge in [0.05, 0.1) is 0 Å². The first kappa shape index (κ1) is 13.4. The molecule has 4 heteroatoms. The Morgan fingerprint density at radius 2 is 2.21 bits per heavy atom. The minimum absolute atomic E-state index is 0.542. The molecule has 0 bridgehead atoms. The summed E-state index contributed by atoms with van der Waals surface area (Å²) in [5.74, 6) is 0.940. The van der Waals surface area contributed by atoms with Crippen molar-refractivity contribution in [3.05, 3.63) is 11.1 Å². The molecule has 1 aliphatic carbocycles. The Morgan fingerprint density at radius 3 is 3.05 bits per heavy atom. The monoisotopic (exact) mass is 279 g/mol. The highest BCUT2D eigenvalue weighted by Gasteiger charge is 2.36. The first-order chi connectivity index (χ1) is 9.24. The molecule has 1 saturated heterocycles.